The quantitative estimate of drug-likeness (QED) is 0.722. The molecule has 0 fully saturated rings. The van der Waals surface area contributed by atoms with Gasteiger partial charge in [-0.1, -0.05) is 42.5 Å². The van der Waals surface area contributed by atoms with Crippen LogP contribution in [0.2, 0.25) is 0 Å². The van der Waals surface area contributed by atoms with Gasteiger partial charge in [0.15, 0.2) is 0 Å². The summed E-state index contributed by atoms with van der Waals surface area (Å²) in [5.74, 6) is 0.199. The Morgan fingerprint density at radius 3 is 2.79 bits per heavy atom. The second-order valence-corrected chi connectivity index (χ2v) is 7.72. The van der Waals surface area contributed by atoms with Crippen LogP contribution in [0.5, 0.6) is 0 Å². The summed E-state index contributed by atoms with van der Waals surface area (Å²) in [7, 11) is 1.71. The lowest BCUT2D eigenvalue weighted by atomic mass is 9.79. The maximum absolute atomic E-state index is 13.9. The van der Waals surface area contributed by atoms with Gasteiger partial charge in [0.05, 0.1) is 24.9 Å². The lowest BCUT2D eigenvalue weighted by Gasteiger charge is -2.31. The summed E-state index contributed by atoms with van der Waals surface area (Å²) >= 11 is 0. The fraction of sp³-hybridized carbons (Fsp3) is 0.435. The van der Waals surface area contributed by atoms with E-state index in [4.69, 9.17) is 9.47 Å². The van der Waals surface area contributed by atoms with E-state index in [1.165, 1.54) is 11.6 Å². The summed E-state index contributed by atoms with van der Waals surface area (Å²) in [4.78, 5) is 0. The molecule has 0 spiro atoms. The zero-order chi connectivity index (χ0) is 20.2. The van der Waals surface area contributed by atoms with Crippen LogP contribution in [-0.4, -0.2) is 49.5 Å². The van der Waals surface area contributed by atoms with E-state index in [9.17, 15) is 9.50 Å². The summed E-state index contributed by atoms with van der Waals surface area (Å²) in [6.45, 7) is 0.237. The molecular weight excluding hydrogens is 371 g/mol. The number of aliphatic hydroxyl groups excluding tert-OH is 1. The molecule has 0 amide bonds. The van der Waals surface area contributed by atoms with Crippen molar-refractivity contribution in [1.29, 1.82) is 0 Å². The van der Waals surface area contributed by atoms with Crippen LogP contribution >= 0.6 is 0 Å². The summed E-state index contributed by atoms with van der Waals surface area (Å²) in [6.07, 6.45) is 19.8. The molecule has 2 N–H and O–H groups in total. The van der Waals surface area contributed by atoms with Gasteiger partial charge < -0.3 is 20.0 Å². The molecule has 3 aliphatic carbocycles. The monoisotopic (exact) mass is 398 g/mol. The first-order valence-corrected chi connectivity index (χ1v) is 10.1. The lowest BCUT2D eigenvalue weighted by molar-refractivity contribution is 0.122. The van der Waals surface area contributed by atoms with Crippen molar-refractivity contribution in [3.05, 3.63) is 72.1 Å². The number of allylic oxidation sites excluding steroid dienone is 5. The fourth-order valence-corrected chi connectivity index (χ4v) is 4.09. The molecule has 0 bridgehead atoms. The number of hydrazone groups is 1. The fourth-order valence-electron chi connectivity index (χ4n) is 4.09. The van der Waals surface area contributed by atoms with Crippen molar-refractivity contribution in [1.82, 2.24) is 5.43 Å². The summed E-state index contributed by atoms with van der Waals surface area (Å²) in [5, 5.41) is 15.0. The minimum Gasteiger partial charge on any atom is -0.493 e. The average molecular weight is 398 g/mol. The zero-order valence-electron chi connectivity index (χ0n) is 16.4. The number of ether oxygens (including phenoxy) is 2. The first-order valence-electron chi connectivity index (χ1n) is 10.1. The highest BCUT2D eigenvalue weighted by molar-refractivity contribution is 5.70. The highest BCUT2D eigenvalue weighted by atomic mass is 19.1. The maximum Gasteiger partial charge on any atom is 0.128 e. The lowest BCUT2D eigenvalue weighted by Crippen LogP contribution is -2.42. The van der Waals surface area contributed by atoms with E-state index in [1.54, 1.807) is 25.3 Å². The number of aliphatic hydroxyl groups is 1. The number of hydrogen-bond donors (Lipinski definition) is 2. The normalized spacial score (nSPS) is 38.0. The van der Waals surface area contributed by atoms with Gasteiger partial charge in [0.25, 0.3) is 0 Å². The number of alkyl halides is 1. The van der Waals surface area contributed by atoms with Crippen LogP contribution in [0.25, 0.3) is 0 Å². The Balaban J connectivity index is 1.36. The molecule has 0 radical (unpaired) electrons. The van der Waals surface area contributed by atoms with Crippen molar-refractivity contribution in [2.24, 2.45) is 22.9 Å². The van der Waals surface area contributed by atoms with Gasteiger partial charge >= 0.3 is 0 Å². The third-order valence-electron chi connectivity index (χ3n) is 5.87. The number of nitrogens with one attached hydrogen (secondary N) is 1. The number of methoxy groups -OCH3 is 1. The molecule has 0 aromatic heterocycles. The SMILES string of the molecule is COC1C=CC(C2C=NNC2C2C=CC(OCC3C=CC=CC3F)=CC2O)=CC1. The van der Waals surface area contributed by atoms with Gasteiger partial charge in [-0.25, -0.2) is 4.39 Å². The topological polar surface area (TPSA) is 63.1 Å². The largest absolute Gasteiger partial charge is 0.493 e. The van der Waals surface area contributed by atoms with Gasteiger partial charge in [-0.2, -0.15) is 5.10 Å². The molecular formula is C23H27FN2O3. The van der Waals surface area contributed by atoms with E-state index >= 15 is 0 Å². The van der Waals surface area contributed by atoms with E-state index in [2.05, 4.69) is 28.8 Å². The van der Waals surface area contributed by atoms with Crippen molar-refractivity contribution < 1.29 is 19.0 Å². The second-order valence-electron chi connectivity index (χ2n) is 7.72. The molecule has 1 heterocycles. The first kappa shape index (κ1) is 19.9. The van der Waals surface area contributed by atoms with Gasteiger partial charge in [-0.3, -0.25) is 0 Å². The van der Waals surface area contributed by atoms with Gasteiger partial charge in [0.2, 0.25) is 0 Å². The van der Waals surface area contributed by atoms with E-state index in [0.29, 0.717) is 5.76 Å². The molecule has 7 unspecified atom stereocenters. The zero-order valence-corrected chi connectivity index (χ0v) is 16.4. The van der Waals surface area contributed by atoms with E-state index in [-0.39, 0.29) is 36.5 Å². The Kier molecular flexibility index (Phi) is 6.11. The van der Waals surface area contributed by atoms with E-state index < -0.39 is 12.3 Å². The summed E-state index contributed by atoms with van der Waals surface area (Å²) in [6, 6.07) is -0.0457. The van der Waals surface area contributed by atoms with Gasteiger partial charge in [-0.15, -0.1) is 0 Å². The smallest absolute Gasteiger partial charge is 0.128 e. The molecule has 0 aromatic rings. The van der Waals surface area contributed by atoms with Crippen LogP contribution < -0.4 is 5.43 Å². The molecule has 0 aromatic carbocycles. The average Bonchev–Trinajstić information content (AvgIpc) is 3.23. The van der Waals surface area contributed by atoms with Crippen LogP contribution in [0, 0.1) is 17.8 Å². The third-order valence-corrected chi connectivity index (χ3v) is 5.87. The van der Waals surface area contributed by atoms with Crippen LogP contribution in [0.4, 0.5) is 4.39 Å². The molecule has 154 valence electrons. The Morgan fingerprint density at radius 1 is 1.21 bits per heavy atom. The van der Waals surface area contributed by atoms with Gasteiger partial charge in [0.1, 0.15) is 11.9 Å². The van der Waals surface area contributed by atoms with E-state index in [1.807, 2.05) is 24.4 Å². The molecule has 0 saturated heterocycles. The Bertz CT molecular complexity index is 811. The molecule has 6 heteroatoms. The molecule has 4 aliphatic rings. The van der Waals surface area contributed by atoms with Crippen LogP contribution in [-0.2, 0) is 9.47 Å². The first-order chi connectivity index (χ1) is 14.2. The molecule has 1 aliphatic heterocycles. The Hall–Kier alpha value is -2.44. The minimum atomic E-state index is -1.04. The highest BCUT2D eigenvalue weighted by Crippen LogP contribution is 2.32. The molecule has 7 atom stereocenters. The van der Waals surface area contributed by atoms with Crippen molar-refractivity contribution in [2.75, 3.05) is 13.7 Å². The summed E-state index contributed by atoms with van der Waals surface area (Å²) in [5.41, 5.74) is 4.33. The highest BCUT2D eigenvalue weighted by Gasteiger charge is 2.37. The van der Waals surface area contributed by atoms with Crippen molar-refractivity contribution >= 4 is 6.21 Å². The van der Waals surface area contributed by atoms with Gasteiger partial charge in [0, 0.05) is 31.1 Å². The van der Waals surface area contributed by atoms with Crippen LogP contribution in [0.15, 0.2) is 77.2 Å². The summed E-state index contributed by atoms with van der Waals surface area (Å²) < 4.78 is 25.0. The Morgan fingerprint density at radius 2 is 2.07 bits per heavy atom. The second kappa shape index (κ2) is 8.93. The maximum atomic E-state index is 13.9. The molecule has 4 rings (SSSR count). The van der Waals surface area contributed by atoms with Crippen molar-refractivity contribution in [3.8, 4) is 0 Å². The Labute approximate surface area is 170 Å². The van der Waals surface area contributed by atoms with Crippen molar-refractivity contribution in [3.63, 3.8) is 0 Å². The van der Waals surface area contributed by atoms with Gasteiger partial charge in [-0.05, 0) is 30.2 Å². The predicted molar refractivity (Wildman–Crippen MR) is 111 cm³/mol. The third kappa shape index (κ3) is 4.43. The number of nitrogens with zero attached hydrogens (tertiary/aromatic N) is 1. The van der Waals surface area contributed by atoms with Crippen LogP contribution in [0.3, 0.4) is 0 Å². The number of halogens is 1. The van der Waals surface area contributed by atoms with Crippen molar-refractivity contribution in [2.45, 2.75) is 30.8 Å². The molecule has 5 nitrogen and oxygen atoms in total. The number of hydrogen-bond acceptors (Lipinski definition) is 5. The van der Waals surface area contributed by atoms with Crippen LogP contribution in [0.1, 0.15) is 6.42 Å². The number of rotatable bonds is 6. The molecule has 0 saturated carbocycles. The predicted octanol–water partition coefficient (Wildman–Crippen LogP) is 2.99. The standard InChI is InChI=1S/C23H27FN2O3/c1-28-17-8-6-15(7-9-17)20-13-25-26-23(20)19-11-10-18(12-22(19)27)29-14-16-4-2-3-5-21(16)24/h2-8,10-13,16-17,19-23,26-27H,9,14H2,1H3. The minimum absolute atomic E-state index is 0.0457. The molecule has 29 heavy (non-hydrogen) atoms. The van der Waals surface area contributed by atoms with E-state index in [0.717, 1.165) is 6.42 Å².